The van der Waals surface area contributed by atoms with Crippen LogP contribution in [-0.4, -0.2) is 18.1 Å². The van der Waals surface area contributed by atoms with Crippen molar-refractivity contribution in [2.24, 2.45) is 0 Å². The molecule has 24 heavy (non-hydrogen) atoms. The molecule has 0 aliphatic carbocycles. The van der Waals surface area contributed by atoms with Crippen LogP contribution in [0.5, 0.6) is 0 Å². The number of fused-ring (bicyclic) bond motifs is 1. The fraction of sp³-hybridized carbons (Fsp3) is 0.286. The van der Waals surface area contributed by atoms with Crippen LogP contribution in [0.1, 0.15) is 26.3 Å². The van der Waals surface area contributed by atoms with Gasteiger partial charge in [-0.1, -0.05) is 49.4 Å². The number of nitrogens with zero attached hydrogens (tertiary/aromatic N) is 2. The first kappa shape index (κ1) is 18.5. The van der Waals surface area contributed by atoms with E-state index in [9.17, 15) is 0 Å². The molecule has 3 rings (SSSR count). The number of para-hydroxylation sites is 1. The molecule has 0 radical (unpaired) electrons. The summed E-state index contributed by atoms with van der Waals surface area (Å²) in [5.41, 5.74) is 5.93. The van der Waals surface area contributed by atoms with Gasteiger partial charge in [0.05, 0.1) is 11.2 Å². The van der Waals surface area contributed by atoms with Crippen molar-refractivity contribution in [3.8, 4) is 11.3 Å². The highest BCUT2D eigenvalue weighted by atomic mass is 79.9. The maximum atomic E-state index is 4.89. The fourth-order valence-corrected chi connectivity index (χ4v) is 3.04. The van der Waals surface area contributed by atoms with Crippen LogP contribution in [0.2, 0.25) is 0 Å². The molecule has 0 fully saturated rings. The monoisotopic (exact) mass is 384 g/mol. The van der Waals surface area contributed by atoms with Gasteiger partial charge in [-0.3, -0.25) is 0 Å². The van der Waals surface area contributed by atoms with Crippen molar-refractivity contribution in [2.45, 2.75) is 27.2 Å². The minimum Gasteiger partial charge on any atom is -0.371 e. The molecule has 0 aliphatic rings. The number of anilines is 1. The number of hydrogen-bond acceptors (Lipinski definition) is 2. The molecule has 0 saturated heterocycles. The van der Waals surface area contributed by atoms with Crippen LogP contribution in [0.15, 0.2) is 54.6 Å². The standard InChI is InChI=1S/C21H24N2.BrH/c1-4-16-11-13-17(14-12-16)20-15-21(23(5-2)6-3)18-9-7-8-10-19(18)22-20;/h7-15H,4-6H2,1-3H3;1H. The Labute approximate surface area is 155 Å². The average molecular weight is 385 g/mol. The highest BCUT2D eigenvalue weighted by Gasteiger charge is 2.11. The number of rotatable bonds is 5. The maximum Gasteiger partial charge on any atom is 0.0730 e. The van der Waals surface area contributed by atoms with Crippen LogP contribution in [0.25, 0.3) is 22.2 Å². The summed E-state index contributed by atoms with van der Waals surface area (Å²) < 4.78 is 0. The quantitative estimate of drug-likeness (QED) is 0.545. The predicted molar refractivity (Wildman–Crippen MR) is 110 cm³/mol. The van der Waals surface area contributed by atoms with Crippen molar-refractivity contribution in [1.29, 1.82) is 0 Å². The Bertz CT molecular complexity index is 793. The first-order valence-corrected chi connectivity index (χ1v) is 8.50. The SMILES string of the molecule is Br.CCc1ccc(-c2cc(N(CC)CC)c3ccccc3n2)cc1. The van der Waals surface area contributed by atoms with Crippen molar-refractivity contribution < 1.29 is 0 Å². The smallest absolute Gasteiger partial charge is 0.0730 e. The number of aromatic nitrogens is 1. The number of hydrogen-bond donors (Lipinski definition) is 0. The first-order chi connectivity index (χ1) is 11.3. The van der Waals surface area contributed by atoms with E-state index >= 15 is 0 Å². The second kappa shape index (κ2) is 8.29. The topological polar surface area (TPSA) is 16.1 Å². The molecule has 3 aromatic rings. The van der Waals surface area contributed by atoms with Gasteiger partial charge in [0.15, 0.2) is 0 Å². The molecule has 126 valence electrons. The molecular formula is C21H25BrN2. The molecule has 0 atom stereocenters. The van der Waals surface area contributed by atoms with E-state index in [1.807, 2.05) is 0 Å². The summed E-state index contributed by atoms with van der Waals surface area (Å²) in [4.78, 5) is 7.28. The first-order valence-electron chi connectivity index (χ1n) is 8.50. The van der Waals surface area contributed by atoms with Crippen molar-refractivity contribution in [3.63, 3.8) is 0 Å². The van der Waals surface area contributed by atoms with Gasteiger partial charge in [0, 0.05) is 29.7 Å². The Morgan fingerprint density at radius 3 is 2.17 bits per heavy atom. The van der Waals surface area contributed by atoms with Gasteiger partial charge in [-0.25, -0.2) is 4.98 Å². The van der Waals surface area contributed by atoms with Gasteiger partial charge in [-0.05, 0) is 38.0 Å². The molecule has 0 N–H and O–H groups in total. The number of benzene rings is 2. The molecular weight excluding hydrogens is 360 g/mol. The Morgan fingerprint density at radius 2 is 1.54 bits per heavy atom. The van der Waals surface area contributed by atoms with Gasteiger partial charge in [0.25, 0.3) is 0 Å². The van der Waals surface area contributed by atoms with Gasteiger partial charge in [0.1, 0.15) is 0 Å². The number of pyridine rings is 1. The van der Waals surface area contributed by atoms with Gasteiger partial charge < -0.3 is 4.90 Å². The average Bonchev–Trinajstić information content (AvgIpc) is 2.62. The zero-order chi connectivity index (χ0) is 16.2. The van der Waals surface area contributed by atoms with E-state index < -0.39 is 0 Å². The summed E-state index contributed by atoms with van der Waals surface area (Å²) in [6, 6.07) is 19.4. The van der Waals surface area contributed by atoms with Gasteiger partial charge in [-0.15, -0.1) is 17.0 Å². The third-order valence-electron chi connectivity index (χ3n) is 4.46. The lowest BCUT2D eigenvalue weighted by molar-refractivity contribution is 0.870. The summed E-state index contributed by atoms with van der Waals surface area (Å²) >= 11 is 0. The third kappa shape index (κ3) is 3.62. The lowest BCUT2D eigenvalue weighted by Gasteiger charge is -2.23. The lowest BCUT2D eigenvalue weighted by Crippen LogP contribution is -2.22. The van der Waals surface area contributed by atoms with Crippen LogP contribution in [-0.2, 0) is 6.42 Å². The zero-order valence-electron chi connectivity index (χ0n) is 14.6. The van der Waals surface area contributed by atoms with E-state index in [-0.39, 0.29) is 17.0 Å². The van der Waals surface area contributed by atoms with Crippen molar-refractivity contribution in [3.05, 3.63) is 60.2 Å². The molecule has 1 aromatic heterocycles. The van der Waals surface area contributed by atoms with Crippen molar-refractivity contribution >= 4 is 33.6 Å². The highest BCUT2D eigenvalue weighted by molar-refractivity contribution is 8.93. The van der Waals surface area contributed by atoms with E-state index in [4.69, 9.17) is 4.98 Å². The molecule has 1 heterocycles. The van der Waals surface area contributed by atoms with E-state index in [1.165, 1.54) is 22.2 Å². The van der Waals surface area contributed by atoms with E-state index in [0.717, 1.165) is 30.7 Å². The summed E-state index contributed by atoms with van der Waals surface area (Å²) in [6.07, 6.45) is 1.07. The van der Waals surface area contributed by atoms with Crippen molar-refractivity contribution in [2.75, 3.05) is 18.0 Å². The molecule has 0 amide bonds. The molecule has 0 unspecified atom stereocenters. The van der Waals surface area contributed by atoms with Gasteiger partial charge >= 0.3 is 0 Å². The Morgan fingerprint density at radius 1 is 0.875 bits per heavy atom. The lowest BCUT2D eigenvalue weighted by atomic mass is 10.0. The van der Waals surface area contributed by atoms with Crippen LogP contribution in [0.3, 0.4) is 0 Å². The van der Waals surface area contributed by atoms with Gasteiger partial charge in [0.2, 0.25) is 0 Å². The molecule has 2 aromatic carbocycles. The largest absolute Gasteiger partial charge is 0.371 e. The van der Waals surface area contributed by atoms with Crippen LogP contribution < -0.4 is 4.90 Å². The fourth-order valence-electron chi connectivity index (χ4n) is 3.04. The Hall–Kier alpha value is -1.87. The van der Waals surface area contributed by atoms with E-state index in [1.54, 1.807) is 0 Å². The second-order valence-corrected chi connectivity index (χ2v) is 5.77. The number of aryl methyl sites for hydroxylation is 1. The molecule has 2 nitrogen and oxygen atoms in total. The molecule has 3 heteroatoms. The zero-order valence-corrected chi connectivity index (χ0v) is 16.3. The van der Waals surface area contributed by atoms with Gasteiger partial charge in [-0.2, -0.15) is 0 Å². The van der Waals surface area contributed by atoms with Crippen LogP contribution in [0, 0.1) is 0 Å². The summed E-state index contributed by atoms with van der Waals surface area (Å²) in [6.45, 7) is 8.59. The minimum absolute atomic E-state index is 0. The van der Waals surface area contributed by atoms with E-state index in [2.05, 4.69) is 80.3 Å². The number of halogens is 1. The van der Waals surface area contributed by atoms with Crippen LogP contribution in [0.4, 0.5) is 5.69 Å². The molecule has 0 aliphatic heterocycles. The predicted octanol–water partition coefficient (Wildman–Crippen LogP) is 5.89. The highest BCUT2D eigenvalue weighted by Crippen LogP contribution is 2.31. The Kier molecular flexibility index (Phi) is 6.38. The molecule has 0 saturated carbocycles. The normalized spacial score (nSPS) is 10.5. The second-order valence-electron chi connectivity index (χ2n) is 5.77. The van der Waals surface area contributed by atoms with E-state index in [0.29, 0.717) is 0 Å². The van der Waals surface area contributed by atoms with Crippen LogP contribution >= 0.6 is 17.0 Å². The third-order valence-corrected chi connectivity index (χ3v) is 4.46. The maximum absolute atomic E-state index is 4.89. The summed E-state index contributed by atoms with van der Waals surface area (Å²) in [5, 5.41) is 1.23. The minimum atomic E-state index is 0. The molecule has 0 spiro atoms. The summed E-state index contributed by atoms with van der Waals surface area (Å²) in [7, 11) is 0. The molecule has 0 bridgehead atoms. The Balaban J connectivity index is 0.00000208. The van der Waals surface area contributed by atoms with Crippen molar-refractivity contribution in [1.82, 2.24) is 4.98 Å². The summed E-state index contributed by atoms with van der Waals surface area (Å²) in [5.74, 6) is 0.